The Balaban J connectivity index is 2.07. The Morgan fingerprint density at radius 2 is 2.00 bits per heavy atom. The first-order chi connectivity index (χ1) is 10.1. The van der Waals surface area contributed by atoms with Crippen molar-refractivity contribution in [1.29, 1.82) is 0 Å². The monoisotopic (exact) mass is 296 g/mol. The molecule has 1 fully saturated rings. The number of piperidine rings is 1. The molecule has 1 aromatic carbocycles. The van der Waals surface area contributed by atoms with Crippen molar-refractivity contribution in [3.05, 3.63) is 29.8 Å². The lowest BCUT2D eigenvalue weighted by Gasteiger charge is -2.31. The van der Waals surface area contributed by atoms with Gasteiger partial charge in [-0.15, -0.1) is 0 Å². The molecule has 1 aliphatic rings. The van der Waals surface area contributed by atoms with Gasteiger partial charge in [0.1, 0.15) is 0 Å². The van der Waals surface area contributed by atoms with E-state index in [9.17, 15) is 13.6 Å². The first-order valence-electron chi connectivity index (χ1n) is 7.44. The zero-order valence-corrected chi connectivity index (χ0v) is 12.4. The fraction of sp³-hybridized carbons (Fsp3) is 0.562. The smallest absolute Gasteiger partial charge is 0.255 e. The predicted octanol–water partition coefficient (Wildman–Crippen LogP) is 3.08. The van der Waals surface area contributed by atoms with Crippen LogP contribution in [-0.4, -0.2) is 43.4 Å². The summed E-state index contributed by atoms with van der Waals surface area (Å²) in [6.45, 7) is 3.01. The normalized spacial score (nSPS) is 15.3. The zero-order valence-electron chi connectivity index (χ0n) is 12.4. The Kier molecular flexibility index (Phi) is 5.53. The first-order valence-corrected chi connectivity index (χ1v) is 7.44. The maximum absolute atomic E-state index is 12.8. The van der Waals surface area contributed by atoms with Gasteiger partial charge in [-0.25, -0.2) is 8.78 Å². The van der Waals surface area contributed by atoms with Crippen molar-refractivity contribution in [1.82, 2.24) is 4.90 Å². The van der Waals surface area contributed by atoms with Crippen molar-refractivity contribution in [3.8, 4) is 0 Å². The van der Waals surface area contributed by atoms with E-state index in [1.165, 1.54) is 4.90 Å². The number of carbonyl (C=O) groups excluding carboxylic acids is 1. The van der Waals surface area contributed by atoms with E-state index in [0.717, 1.165) is 37.9 Å². The van der Waals surface area contributed by atoms with Gasteiger partial charge in [0.2, 0.25) is 5.91 Å². The molecule has 21 heavy (non-hydrogen) atoms. The number of nitrogens with zero attached hydrogens (tertiary/aromatic N) is 2. The maximum atomic E-state index is 12.8. The molecule has 0 N–H and O–H groups in total. The second-order valence-electron chi connectivity index (χ2n) is 5.55. The maximum Gasteiger partial charge on any atom is 0.255 e. The lowest BCUT2D eigenvalue weighted by atomic mass is 10.1. The molecule has 1 aliphatic heterocycles. The molecular weight excluding hydrogens is 274 g/mol. The van der Waals surface area contributed by atoms with Crippen LogP contribution in [0.15, 0.2) is 24.3 Å². The highest BCUT2D eigenvalue weighted by molar-refractivity contribution is 5.81. The fourth-order valence-corrected chi connectivity index (χ4v) is 2.66. The molecule has 0 aromatic heterocycles. The highest BCUT2D eigenvalue weighted by Crippen LogP contribution is 2.18. The second kappa shape index (κ2) is 7.38. The van der Waals surface area contributed by atoms with E-state index in [0.29, 0.717) is 5.69 Å². The van der Waals surface area contributed by atoms with Gasteiger partial charge in [-0.1, -0.05) is 12.1 Å². The zero-order chi connectivity index (χ0) is 15.2. The predicted molar refractivity (Wildman–Crippen MR) is 79.8 cm³/mol. The van der Waals surface area contributed by atoms with E-state index in [2.05, 4.69) is 0 Å². The van der Waals surface area contributed by atoms with E-state index in [-0.39, 0.29) is 12.5 Å². The molecule has 0 aliphatic carbocycles. The van der Waals surface area contributed by atoms with Crippen molar-refractivity contribution in [2.75, 3.05) is 31.1 Å². The summed E-state index contributed by atoms with van der Waals surface area (Å²) in [5, 5.41) is 0. The molecule has 0 atom stereocenters. The van der Waals surface area contributed by atoms with Crippen molar-refractivity contribution in [2.45, 2.75) is 32.6 Å². The average Bonchev–Trinajstić information content (AvgIpc) is 2.47. The number of carbonyl (C=O) groups is 1. The van der Waals surface area contributed by atoms with E-state index in [4.69, 9.17) is 0 Å². The van der Waals surface area contributed by atoms with Crippen LogP contribution < -0.4 is 4.90 Å². The van der Waals surface area contributed by atoms with Crippen LogP contribution in [-0.2, 0) is 4.79 Å². The van der Waals surface area contributed by atoms with Gasteiger partial charge in [-0.2, -0.15) is 0 Å². The largest absolute Gasteiger partial charge is 0.356 e. The molecular formula is C16H22F2N2O. The van der Waals surface area contributed by atoms with Crippen LogP contribution >= 0.6 is 0 Å². The number of hydrogen-bond donors (Lipinski definition) is 0. The van der Waals surface area contributed by atoms with E-state index in [1.807, 2.05) is 25.1 Å². The van der Waals surface area contributed by atoms with Crippen molar-refractivity contribution in [2.24, 2.45) is 0 Å². The third-order valence-electron chi connectivity index (χ3n) is 3.76. The molecule has 1 aromatic rings. The minimum absolute atomic E-state index is 0.0216. The van der Waals surface area contributed by atoms with Gasteiger partial charge in [-0.3, -0.25) is 4.79 Å². The summed E-state index contributed by atoms with van der Waals surface area (Å²) in [5.41, 5.74) is 1.68. The van der Waals surface area contributed by atoms with Crippen molar-refractivity contribution < 1.29 is 13.6 Å². The van der Waals surface area contributed by atoms with Gasteiger partial charge in [0.15, 0.2) is 0 Å². The number of halogens is 2. The Morgan fingerprint density at radius 1 is 1.29 bits per heavy atom. The molecule has 0 unspecified atom stereocenters. The number of rotatable bonds is 5. The Labute approximate surface area is 124 Å². The molecule has 0 radical (unpaired) electrons. The van der Waals surface area contributed by atoms with Gasteiger partial charge in [0.05, 0.1) is 13.1 Å². The molecule has 1 saturated heterocycles. The summed E-state index contributed by atoms with van der Waals surface area (Å²) in [4.78, 5) is 15.6. The topological polar surface area (TPSA) is 23.6 Å². The number of benzene rings is 1. The van der Waals surface area contributed by atoms with Crippen LogP contribution in [0.1, 0.15) is 24.8 Å². The average molecular weight is 296 g/mol. The van der Waals surface area contributed by atoms with E-state index < -0.39 is 13.0 Å². The van der Waals surface area contributed by atoms with E-state index in [1.54, 1.807) is 11.0 Å². The van der Waals surface area contributed by atoms with Crippen LogP contribution in [0, 0.1) is 6.92 Å². The quantitative estimate of drug-likeness (QED) is 0.833. The van der Waals surface area contributed by atoms with E-state index >= 15 is 0 Å². The molecule has 3 nitrogen and oxygen atoms in total. The van der Waals surface area contributed by atoms with Crippen LogP contribution in [0.4, 0.5) is 14.5 Å². The van der Waals surface area contributed by atoms with Gasteiger partial charge < -0.3 is 9.80 Å². The number of amides is 1. The molecule has 0 bridgehead atoms. The lowest BCUT2D eigenvalue weighted by molar-refractivity contribution is -0.130. The summed E-state index contributed by atoms with van der Waals surface area (Å²) in [6.07, 6.45) is 0.693. The summed E-state index contributed by atoms with van der Waals surface area (Å²) in [6, 6.07) is 7.36. The van der Waals surface area contributed by atoms with Gasteiger partial charge in [0, 0.05) is 18.8 Å². The molecule has 0 saturated carbocycles. The summed E-state index contributed by atoms with van der Waals surface area (Å²) in [5.74, 6) is -0.0585. The van der Waals surface area contributed by atoms with Gasteiger partial charge >= 0.3 is 0 Å². The molecule has 116 valence electrons. The molecule has 2 rings (SSSR count). The molecule has 0 spiro atoms. The summed E-state index contributed by atoms with van der Waals surface area (Å²) >= 11 is 0. The molecule has 1 heterocycles. The minimum atomic E-state index is -2.46. The van der Waals surface area contributed by atoms with Crippen molar-refractivity contribution >= 4 is 11.6 Å². The molecule has 1 amide bonds. The van der Waals surface area contributed by atoms with Crippen molar-refractivity contribution in [3.63, 3.8) is 0 Å². The number of aryl methyl sites for hydroxylation is 1. The van der Waals surface area contributed by atoms with Crippen LogP contribution in [0.3, 0.4) is 0 Å². The number of hydrogen-bond acceptors (Lipinski definition) is 2. The summed E-state index contributed by atoms with van der Waals surface area (Å²) < 4.78 is 25.6. The van der Waals surface area contributed by atoms with Crippen LogP contribution in [0.5, 0.6) is 0 Å². The SMILES string of the molecule is Cc1cccc(N(CC(=O)N2CCCCC2)CC(F)F)c1. The fourth-order valence-electron chi connectivity index (χ4n) is 2.66. The lowest BCUT2D eigenvalue weighted by Crippen LogP contribution is -2.44. The Hall–Kier alpha value is -1.65. The third-order valence-corrected chi connectivity index (χ3v) is 3.76. The minimum Gasteiger partial charge on any atom is -0.356 e. The number of anilines is 1. The first kappa shape index (κ1) is 15.7. The van der Waals surface area contributed by atoms with Gasteiger partial charge in [0.25, 0.3) is 6.43 Å². The number of alkyl halides is 2. The second-order valence-corrected chi connectivity index (χ2v) is 5.55. The standard InChI is InChI=1S/C16H22F2N2O/c1-13-6-5-7-14(10-13)20(11-15(17)18)12-16(21)19-8-3-2-4-9-19/h5-7,10,15H,2-4,8-9,11-12H2,1H3. The Morgan fingerprint density at radius 3 is 2.62 bits per heavy atom. The third kappa shape index (κ3) is 4.69. The molecule has 5 heteroatoms. The number of likely N-dealkylation sites (tertiary alicyclic amines) is 1. The van der Waals surface area contributed by atoms with Crippen LogP contribution in [0.25, 0.3) is 0 Å². The Bertz CT molecular complexity index is 473. The highest BCUT2D eigenvalue weighted by Gasteiger charge is 2.21. The highest BCUT2D eigenvalue weighted by atomic mass is 19.3. The van der Waals surface area contributed by atoms with Crippen LogP contribution in [0.2, 0.25) is 0 Å². The summed E-state index contributed by atoms with van der Waals surface area (Å²) in [7, 11) is 0. The van der Waals surface area contributed by atoms with Gasteiger partial charge in [-0.05, 0) is 43.9 Å².